The van der Waals surface area contributed by atoms with Gasteiger partial charge in [0.05, 0.1) is 11.6 Å². The third-order valence-corrected chi connectivity index (χ3v) is 7.71. The number of hydrogen-bond acceptors (Lipinski definition) is 5. The average molecular weight is 504 g/mol. The molecular weight excluding hydrogens is 465 g/mol. The van der Waals surface area contributed by atoms with Crippen LogP contribution in [0.15, 0.2) is 83.1 Å². The molecule has 1 fully saturated rings. The number of rotatable bonds is 10. The quantitative estimate of drug-likeness (QED) is 0.417. The molecule has 2 heterocycles. The smallest absolute Gasteiger partial charge is 0.162 e. The number of piperidine rings is 1. The van der Waals surface area contributed by atoms with Crippen molar-refractivity contribution >= 4 is 5.71 Å². The molecular formula is C31H38FN3O2. The number of halogens is 1. The van der Waals surface area contributed by atoms with E-state index in [9.17, 15) is 4.39 Å². The summed E-state index contributed by atoms with van der Waals surface area (Å²) in [5.41, 5.74) is 4.90. The Morgan fingerprint density at radius 2 is 1.81 bits per heavy atom. The third-order valence-electron chi connectivity index (χ3n) is 7.71. The van der Waals surface area contributed by atoms with E-state index in [-0.39, 0.29) is 17.8 Å². The van der Waals surface area contributed by atoms with Crippen LogP contribution in [-0.4, -0.2) is 62.0 Å². The van der Waals surface area contributed by atoms with Crippen LogP contribution in [0.3, 0.4) is 0 Å². The predicted octanol–water partition coefficient (Wildman–Crippen LogP) is 5.70. The number of oxime groups is 1. The van der Waals surface area contributed by atoms with Gasteiger partial charge in [-0.25, -0.2) is 4.39 Å². The van der Waals surface area contributed by atoms with Gasteiger partial charge >= 0.3 is 0 Å². The molecule has 5 rings (SSSR count). The largest absolute Gasteiger partial charge is 0.489 e. The second-order valence-corrected chi connectivity index (χ2v) is 10.8. The molecule has 2 atom stereocenters. The van der Waals surface area contributed by atoms with Gasteiger partial charge < -0.3 is 14.5 Å². The number of ether oxygens (including phenoxy) is 1. The summed E-state index contributed by atoms with van der Waals surface area (Å²) in [5, 5.41) is 4.58. The molecule has 3 aliphatic rings. The highest BCUT2D eigenvalue weighted by Gasteiger charge is 2.38. The van der Waals surface area contributed by atoms with Gasteiger partial charge in [-0.3, -0.25) is 4.90 Å². The lowest BCUT2D eigenvalue weighted by Gasteiger charge is -2.32. The first-order valence-corrected chi connectivity index (χ1v) is 13.5. The zero-order valence-corrected chi connectivity index (χ0v) is 22.0. The van der Waals surface area contributed by atoms with Gasteiger partial charge in [-0.15, -0.1) is 0 Å². The van der Waals surface area contributed by atoms with Gasteiger partial charge in [0.2, 0.25) is 0 Å². The molecule has 196 valence electrons. The van der Waals surface area contributed by atoms with Crippen molar-refractivity contribution in [2.45, 2.75) is 38.3 Å². The molecule has 0 amide bonds. The van der Waals surface area contributed by atoms with Crippen molar-refractivity contribution in [2.75, 3.05) is 40.3 Å². The summed E-state index contributed by atoms with van der Waals surface area (Å²) in [4.78, 5) is 10.8. The molecule has 6 heteroatoms. The van der Waals surface area contributed by atoms with Crippen LogP contribution in [0.2, 0.25) is 0 Å². The number of nitrogens with zero attached hydrogens (tertiary/aromatic N) is 3. The Bertz CT molecular complexity index is 1120. The molecule has 2 aromatic carbocycles. The summed E-state index contributed by atoms with van der Waals surface area (Å²) in [7, 11) is 4.14. The molecule has 2 aromatic rings. The Hall–Kier alpha value is -2.96. The van der Waals surface area contributed by atoms with Crippen LogP contribution < -0.4 is 4.74 Å². The van der Waals surface area contributed by atoms with E-state index in [4.69, 9.17) is 9.57 Å². The highest BCUT2D eigenvalue weighted by Crippen LogP contribution is 2.35. The molecule has 0 spiro atoms. The normalized spacial score (nSPS) is 22.2. The predicted molar refractivity (Wildman–Crippen MR) is 146 cm³/mol. The van der Waals surface area contributed by atoms with Crippen molar-refractivity contribution < 1.29 is 14.0 Å². The first kappa shape index (κ1) is 25.7. The number of hydrogen-bond donors (Lipinski definition) is 0. The van der Waals surface area contributed by atoms with E-state index in [1.807, 2.05) is 0 Å². The van der Waals surface area contributed by atoms with E-state index < -0.39 is 0 Å². The average Bonchev–Trinajstić information content (AvgIpc) is 3.32. The molecule has 0 radical (unpaired) electrons. The summed E-state index contributed by atoms with van der Waals surface area (Å²) in [5.74, 6) is 1.34. The lowest BCUT2D eigenvalue weighted by molar-refractivity contribution is 0.0901. The summed E-state index contributed by atoms with van der Waals surface area (Å²) in [6, 6.07) is 16.9. The summed E-state index contributed by atoms with van der Waals surface area (Å²) in [6.45, 7) is 4.60. The van der Waals surface area contributed by atoms with Crippen molar-refractivity contribution in [1.29, 1.82) is 0 Å². The van der Waals surface area contributed by atoms with Crippen molar-refractivity contribution in [3.63, 3.8) is 0 Å². The highest BCUT2D eigenvalue weighted by molar-refractivity contribution is 5.90. The van der Waals surface area contributed by atoms with E-state index in [0.717, 1.165) is 31.0 Å². The number of likely N-dealkylation sites (tertiary alicyclic amines) is 1. The Morgan fingerprint density at radius 1 is 1.05 bits per heavy atom. The Labute approximate surface area is 220 Å². The van der Waals surface area contributed by atoms with Crippen LogP contribution in [0.1, 0.15) is 31.2 Å². The van der Waals surface area contributed by atoms with Gasteiger partial charge in [-0.1, -0.05) is 47.6 Å². The molecule has 0 N–H and O–H groups in total. The van der Waals surface area contributed by atoms with Crippen molar-refractivity contribution in [1.82, 2.24) is 9.80 Å². The maximum Gasteiger partial charge on any atom is 0.162 e. The first-order valence-electron chi connectivity index (χ1n) is 13.5. The third kappa shape index (κ3) is 6.68. The van der Waals surface area contributed by atoms with Gasteiger partial charge in [0, 0.05) is 13.1 Å². The zero-order valence-electron chi connectivity index (χ0n) is 22.0. The molecule has 1 saturated heterocycles. The van der Waals surface area contributed by atoms with E-state index in [1.165, 1.54) is 61.3 Å². The molecule has 2 unspecified atom stereocenters. The second-order valence-electron chi connectivity index (χ2n) is 10.8. The van der Waals surface area contributed by atoms with Crippen LogP contribution in [0.5, 0.6) is 5.75 Å². The minimum absolute atomic E-state index is 0.0677. The summed E-state index contributed by atoms with van der Waals surface area (Å²) in [6.07, 6.45) is 9.01. The molecule has 2 aliphatic heterocycles. The van der Waals surface area contributed by atoms with E-state index in [0.29, 0.717) is 12.4 Å². The fraction of sp³-hybridized carbons (Fsp3) is 0.452. The van der Waals surface area contributed by atoms with Crippen LogP contribution in [0.25, 0.3) is 0 Å². The molecule has 0 aromatic heterocycles. The van der Waals surface area contributed by atoms with Gasteiger partial charge in [0.25, 0.3) is 0 Å². The highest BCUT2D eigenvalue weighted by atomic mass is 19.1. The summed E-state index contributed by atoms with van der Waals surface area (Å²) < 4.78 is 19.2. The monoisotopic (exact) mass is 503 g/mol. The van der Waals surface area contributed by atoms with Gasteiger partial charge in [0.15, 0.2) is 6.10 Å². The van der Waals surface area contributed by atoms with E-state index in [1.54, 1.807) is 12.1 Å². The zero-order chi connectivity index (χ0) is 25.6. The fourth-order valence-electron chi connectivity index (χ4n) is 5.63. The van der Waals surface area contributed by atoms with Crippen LogP contribution >= 0.6 is 0 Å². The topological polar surface area (TPSA) is 37.3 Å². The van der Waals surface area contributed by atoms with Gasteiger partial charge in [-0.2, -0.15) is 0 Å². The van der Waals surface area contributed by atoms with Gasteiger partial charge in [-0.05, 0) is 99.8 Å². The van der Waals surface area contributed by atoms with Gasteiger partial charge in [0.1, 0.15) is 18.2 Å². The number of likely N-dealkylation sites (N-methyl/N-ethyl adjacent to an activating group) is 1. The molecule has 5 nitrogen and oxygen atoms in total. The molecule has 0 saturated carbocycles. The lowest BCUT2D eigenvalue weighted by atomic mass is 9.81. The Morgan fingerprint density at radius 3 is 2.54 bits per heavy atom. The minimum Gasteiger partial charge on any atom is -0.489 e. The molecule has 0 bridgehead atoms. The number of benzene rings is 2. The minimum atomic E-state index is -0.262. The second kappa shape index (κ2) is 12.1. The van der Waals surface area contributed by atoms with Crippen LogP contribution in [0.4, 0.5) is 4.39 Å². The SMILES string of the molecule is CN(C)CC1=C(COc2ccc(F)cc2)C=CC2C(CCC3CCN(Cc4ccccc4)CC3)=NOC12. The first-order chi connectivity index (χ1) is 18.0. The van der Waals surface area contributed by atoms with Crippen LogP contribution in [0, 0.1) is 17.7 Å². The standard InChI is InChI=1S/C31H38FN3O2/c1-34(2)21-29-25(22-36-27-12-10-26(32)11-13-27)9-14-28-30(33-37-31(28)29)15-8-23-16-18-35(19-17-23)20-24-6-4-3-5-7-24/h3-7,9-14,23,28,31H,8,15-22H2,1-2H3. The maximum atomic E-state index is 13.2. The van der Waals surface area contributed by atoms with Crippen molar-refractivity contribution in [2.24, 2.45) is 17.0 Å². The molecule has 37 heavy (non-hydrogen) atoms. The maximum absolute atomic E-state index is 13.2. The Kier molecular flexibility index (Phi) is 8.37. The molecule has 1 aliphatic carbocycles. The van der Waals surface area contributed by atoms with E-state index >= 15 is 0 Å². The fourth-order valence-corrected chi connectivity index (χ4v) is 5.63. The van der Waals surface area contributed by atoms with Crippen molar-refractivity contribution in [3.8, 4) is 5.75 Å². The summed E-state index contributed by atoms with van der Waals surface area (Å²) >= 11 is 0. The van der Waals surface area contributed by atoms with Crippen LogP contribution in [-0.2, 0) is 11.4 Å². The number of fused-ring (bicyclic) bond motifs is 1. The lowest BCUT2D eigenvalue weighted by Crippen LogP contribution is -2.34. The Balaban J connectivity index is 1.14. The van der Waals surface area contributed by atoms with E-state index in [2.05, 4.69) is 71.5 Å². The van der Waals surface area contributed by atoms with Crippen molar-refractivity contribution in [3.05, 3.63) is 89.3 Å².